The first-order chi connectivity index (χ1) is 19.7. The van der Waals surface area contributed by atoms with Crippen LogP contribution in [0.3, 0.4) is 0 Å². The van der Waals surface area contributed by atoms with Crippen LogP contribution in [0.1, 0.15) is 27.6 Å². The van der Waals surface area contributed by atoms with Crippen molar-refractivity contribution in [1.82, 2.24) is 9.80 Å². The van der Waals surface area contributed by atoms with Crippen molar-refractivity contribution in [1.29, 1.82) is 0 Å². The van der Waals surface area contributed by atoms with Gasteiger partial charge in [0.15, 0.2) is 11.5 Å². The molecule has 1 atom stereocenters. The molecular formula is C24H33N3O4. The largest absolute Gasteiger partial charge is 0.493 e. The van der Waals surface area contributed by atoms with E-state index in [0.717, 1.165) is 0 Å². The molecule has 1 amide bonds. The van der Waals surface area contributed by atoms with Crippen LogP contribution in [-0.2, 0) is 4.79 Å². The Balaban J connectivity index is 1.71. The summed E-state index contributed by atoms with van der Waals surface area (Å²) in [6, 6.07) is 3.85. The molecule has 0 aromatic heterocycles. The number of para-hydroxylation sites is 3. The monoisotopic (exact) mass is 439 g/mol. The Hall–Kier alpha value is -2.61. The van der Waals surface area contributed by atoms with Crippen molar-refractivity contribution in [3.63, 3.8) is 0 Å². The van der Waals surface area contributed by atoms with Crippen molar-refractivity contribution < 1.29 is 35.8 Å². The third-order valence-corrected chi connectivity index (χ3v) is 4.60. The maximum absolute atomic E-state index is 13.0. The van der Waals surface area contributed by atoms with Gasteiger partial charge in [-0.3, -0.25) is 14.6 Å². The summed E-state index contributed by atoms with van der Waals surface area (Å²) < 4.78 is 107. The molecule has 7 heteroatoms. The topological polar surface area (TPSA) is 74.3 Å². The Morgan fingerprint density at radius 1 is 1.23 bits per heavy atom. The number of rotatable bonds is 9. The molecule has 0 radical (unpaired) electrons. The molecule has 2 aromatic carbocycles. The van der Waals surface area contributed by atoms with Crippen LogP contribution in [0.5, 0.6) is 11.5 Å². The number of nitrogens with zero attached hydrogens (tertiary/aromatic N) is 2. The number of aliphatic hydroxyl groups is 1. The molecule has 0 bridgehead atoms. The summed E-state index contributed by atoms with van der Waals surface area (Å²) in [4.78, 5) is 15.8. The van der Waals surface area contributed by atoms with E-state index in [1.165, 1.54) is 12.0 Å². The number of nitrogens with one attached hydrogen (secondary N) is 1. The molecule has 3 rings (SSSR count). The van der Waals surface area contributed by atoms with Gasteiger partial charge < -0.3 is 19.9 Å². The van der Waals surface area contributed by atoms with Gasteiger partial charge in [0.2, 0.25) is 5.91 Å². The number of β-amino-alcohol motifs (C(OH)–C–C–N with tert-alkyl or cyclic N) is 1. The number of ether oxygens (including phenoxy) is 2. The van der Waals surface area contributed by atoms with Gasteiger partial charge in [-0.15, -0.1) is 0 Å². The minimum Gasteiger partial charge on any atom is -0.493 e. The Morgan fingerprint density at radius 2 is 1.87 bits per heavy atom. The molecule has 1 heterocycles. The van der Waals surface area contributed by atoms with Gasteiger partial charge in [0.05, 0.1) is 19.1 Å². The van der Waals surface area contributed by atoms with E-state index in [-0.39, 0.29) is 38.5 Å². The predicted octanol–water partition coefficient (Wildman–Crippen LogP) is 2.31. The lowest BCUT2D eigenvalue weighted by atomic mass is 10.1. The average molecular weight is 440 g/mol. The fourth-order valence-electron chi connectivity index (χ4n) is 3.03. The maximum atomic E-state index is 13.0. The second kappa shape index (κ2) is 11.1. The summed E-state index contributed by atoms with van der Waals surface area (Å²) in [5.41, 5.74) is -2.42. The standard InChI is InChI=1S/C24H33N3O4/c1-18-7-6-8-19(2)24(18)25-23(29)16-27-13-11-26(12-14-27)15-20(28)17-31-22-10-5-4-9-21(22)30-3/h4-10,20,28H,11-17H2,1-3H3,(H,25,29)/i1D3,2D3,6D,7D,8D,15D2,20D. The number of carbonyl (C=O) groups is 1. The zero-order valence-corrected chi connectivity index (χ0v) is 17.1. The van der Waals surface area contributed by atoms with Crippen molar-refractivity contribution >= 4 is 11.6 Å². The number of anilines is 1. The van der Waals surface area contributed by atoms with E-state index in [1.54, 1.807) is 29.2 Å². The summed E-state index contributed by atoms with van der Waals surface area (Å²) >= 11 is 0. The van der Waals surface area contributed by atoms with E-state index in [2.05, 4.69) is 5.32 Å². The molecule has 1 aliphatic heterocycles. The SMILES string of the molecule is [2H]c1c([2H])c(C([2H])([2H])[2H])c(NC(=O)CN2CCN(C([2H])([2H])C([2H])(O)COc3ccccc3OC)CC2)c(C([2H])([2H])[2H])c1[2H]. The van der Waals surface area contributed by atoms with E-state index >= 15 is 0 Å². The zero-order chi connectivity index (χ0) is 32.5. The van der Waals surface area contributed by atoms with E-state index in [4.69, 9.17) is 25.9 Å². The molecule has 1 aliphatic rings. The second-order valence-electron chi connectivity index (χ2n) is 6.81. The quantitative estimate of drug-likeness (QED) is 0.625. The fraction of sp³-hybridized carbons (Fsp3) is 0.458. The van der Waals surface area contributed by atoms with Crippen LogP contribution in [0, 0.1) is 13.7 Å². The van der Waals surface area contributed by atoms with Gasteiger partial charge in [-0.2, -0.15) is 0 Å². The van der Waals surface area contributed by atoms with Crippen molar-refractivity contribution in [2.24, 2.45) is 0 Å². The molecule has 7 nitrogen and oxygen atoms in total. The Bertz CT molecular complexity index is 1280. The molecule has 1 fully saturated rings. The van der Waals surface area contributed by atoms with E-state index in [9.17, 15) is 9.90 Å². The molecule has 168 valence electrons. The third-order valence-electron chi connectivity index (χ3n) is 4.60. The average Bonchev–Trinajstić information content (AvgIpc) is 2.89. The number of hydrogen-bond donors (Lipinski definition) is 2. The Kier molecular flexibility index (Phi) is 4.26. The summed E-state index contributed by atoms with van der Waals surface area (Å²) in [7, 11) is 1.42. The first kappa shape index (κ1) is 11.9. The first-order valence-electron chi connectivity index (χ1n) is 15.6. The minimum absolute atomic E-state index is 0.0154. The van der Waals surface area contributed by atoms with Crippen LogP contribution in [0.4, 0.5) is 5.69 Å². The van der Waals surface area contributed by atoms with Crippen molar-refractivity contribution in [2.45, 2.75) is 19.8 Å². The van der Waals surface area contributed by atoms with Crippen molar-refractivity contribution in [3.05, 3.63) is 53.5 Å². The van der Waals surface area contributed by atoms with Crippen LogP contribution >= 0.6 is 0 Å². The summed E-state index contributed by atoms with van der Waals surface area (Å²) in [5.74, 6) is -0.277. The lowest BCUT2D eigenvalue weighted by Crippen LogP contribution is -2.50. The van der Waals surface area contributed by atoms with Gasteiger partial charge >= 0.3 is 0 Å². The first-order valence-corrected chi connectivity index (χ1v) is 9.62. The van der Waals surface area contributed by atoms with Gasteiger partial charge in [-0.25, -0.2) is 0 Å². The summed E-state index contributed by atoms with van der Waals surface area (Å²) in [5, 5.41) is 13.0. The molecular weight excluding hydrogens is 394 g/mol. The van der Waals surface area contributed by atoms with Gasteiger partial charge in [0.25, 0.3) is 0 Å². The molecule has 1 unspecified atom stereocenters. The third kappa shape index (κ3) is 6.69. The molecule has 31 heavy (non-hydrogen) atoms. The molecule has 0 aliphatic carbocycles. The summed E-state index contributed by atoms with van der Waals surface area (Å²) in [6.07, 6.45) is -2.70. The van der Waals surface area contributed by atoms with Crippen LogP contribution in [0.2, 0.25) is 0 Å². The van der Waals surface area contributed by atoms with Crippen LogP contribution < -0.4 is 14.8 Å². The highest BCUT2D eigenvalue weighted by molar-refractivity contribution is 5.93. The molecule has 2 N–H and O–H groups in total. The van der Waals surface area contributed by atoms with Crippen LogP contribution in [0.15, 0.2) is 42.4 Å². The Labute approximate surface area is 201 Å². The highest BCUT2D eigenvalue weighted by Gasteiger charge is 2.21. The minimum atomic E-state index is -3.07. The smallest absolute Gasteiger partial charge is 0.238 e. The van der Waals surface area contributed by atoms with Gasteiger partial charge in [0.1, 0.15) is 12.7 Å². The van der Waals surface area contributed by atoms with Crippen molar-refractivity contribution in [3.8, 4) is 11.5 Å². The number of amides is 1. The molecule has 0 spiro atoms. The van der Waals surface area contributed by atoms with Crippen molar-refractivity contribution in [2.75, 3.05) is 58.3 Å². The number of benzene rings is 2. The number of hydrogen-bond acceptors (Lipinski definition) is 6. The Morgan fingerprint density at radius 3 is 2.52 bits per heavy atom. The van der Waals surface area contributed by atoms with Gasteiger partial charge in [0, 0.05) is 49.3 Å². The number of carbonyl (C=O) groups excluding carboxylic acids is 1. The number of piperazine rings is 1. The molecule has 2 aromatic rings. The van der Waals surface area contributed by atoms with Crippen LogP contribution in [0.25, 0.3) is 0 Å². The highest BCUT2D eigenvalue weighted by atomic mass is 16.5. The van der Waals surface area contributed by atoms with Crippen LogP contribution in [-0.4, -0.2) is 79.8 Å². The van der Waals surface area contributed by atoms with E-state index in [0.29, 0.717) is 5.75 Å². The van der Waals surface area contributed by atoms with Gasteiger partial charge in [-0.1, -0.05) is 30.3 Å². The van der Waals surface area contributed by atoms with E-state index in [1.807, 2.05) is 0 Å². The van der Waals surface area contributed by atoms with Gasteiger partial charge in [-0.05, 0) is 37.0 Å². The number of methoxy groups -OCH3 is 1. The molecule has 1 saturated heterocycles. The normalized spacial score (nSPS) is 23.9. The van der Waals surface area contributed by atoms with E-state index < -0.39 is 73.7 Å². The highest BCUT2D eigenvalue weighted by Crippen LogP contribution is 2.25. The zero-order valence-electron chi connectivity index (χ0n) is 29.1. The summed E-state index contributed by atoms with van der Waals surface area (Å²) in [6.45, 7) is -9.64. The maximum Gasteiger partial charge on any atom is 0.238 e. The second-order valence-corrected chi connectivity index (χ2v) is 6.81. The lowest BCUT2D eigenvalue weighted by molar-refractivity contribution is -0.117. The lowest BCUT2D eigenvalue weighted by Gasteiger charge is -2.35. The fourth-order valence-corrected chi connectivity index (χ4v) is 3.03. The molecule has 0 saturated carbocycles. The predicted molar refractivity (Wildman–Crippen MR) is 122 cm³/mol.